The summed E-state index contributed by atoms with van der Waals surface area (Å²) in [4.78, 5) is 28.8. The molecule has 1 fully saturated rings. The summed E-state index contributed by atoms with van der Waals surface area (Å²) in [7, 11) is 0. The maximum Gasteiger partial charge on any atom is 0.310 e. The number of carboxylic acids is 1. The van der Waals surface area contributed by atoms with Crippen LogP contribution < -0.4 is 5.32 Å². The van der Waals surface area contributed by atoms with Gasteiger partial charge < -0.3 is 10.4 Å². The van der Waals surface area contributed by atoms with Gasteiger partial charge in [-0.05, 0) is 49.5 Å². The Balaban J connectivity index is 1.63. The summed E-state index contributed by atoms with van der Waals surface area (Å²) < 4.78 is 0. The standard InChI is InChI=1S/C23H28N2O3S/c1-3-23(4-2,22(27)28)14-20(26)24-18-10-5-7-16(13-18)11-12-21-25-19(15-29-21)17-8-6-9-17/h5,7,10-13,15,17H,3-4,6,8-9,14H2,1-2H3,(H,24,26)(H,27,28). The van der Waals surface area contributed by atoms with Gasteiger partial charge >= 0.3 is 5.97 Å². The predicted molar refractivity (Wildman–Crippen MR) is 118 cm³/mol. The molecule has 0 atom stereocenters. The Morgan fingerprint density at radius 1 is 1.28 bits per heavy atom. The highest BCUT2D eigenvalue weighted by molar-refractivity contribution is 7.10. The van der Waals surface area contributed by atoms with E-state index in [-0.39, 0.29) is 12.3 Å². The van der Waals surface area contributed by atoms with Crippen molar-refractivity contribution in [3.63, 3.8) is 0 Å². The number of carboxylic acid groups (broad SMARTS) is 1. The van der Waals surface area contributed by atoms with Gasteiger partial charge in [-0.3, -0.25) is 9.59 Å². The molecule has 6 heteroatoms. The van der Waals surface area contributed by atoms with Crippen LogP contribution in [0.3, 0.4) is 0 Å². The van der Waals surface area contributed by atoms with Gasteiger partial charge in [0, 0.05) is 23.4 Å². The van der Waals surface area contributed by atoms with E-state index in [9.17, 15) is 14.7 Å². The Kier molecular flexibility index (Phi) is 6.85. The highest BCUT2D eigenvalue weighted by Crippen LogP contribution is 2.36. The van der Waals surface area contributed by atoms with Crippen molar-refractivity contribution in [1.29, 1.82) is 0 Å². The lowest BCUT2D eigenvalue weighted by atomic mass is 9.79. The number of aliphatic carboxylic acids is 1. The first-order valence-electron chi connectivity index (χ1n) is 10.2. The molecular weight excluding hydrogens is 384 g/mol. The molecule has 0 aliphatic heterocycles. The van der Waals surface area contributed by atoms with Gasteiger partial charge in [0.1, 0.15) is 5.01 Å². The van der Waals surface area contributed by atoms with Crippen molar-refractivity contribution >= 4 is 41.1 Å². The molecule has 0 saturated heterocycles. The third-order valence-electron chi connectivity index (χ3n) is 5.96. The first-order chi connectivity index (χ1) is 14.0. The van der Waals surface area contributed by atoms with Gasteiger partial charge in [-0.25, -0.2) is 4.98 Å². The molecule has 5 nitrogen and oxygen atoms in total. The van der Waals surface area contributed by atoms with Crippen LogP contribution in [0, 0.1) is 5.41 Å². The lowest BCUT2D eigenvalue weighted by Crippen LogP contribution is -2.34. The van der Waals surface area contributed by atoms with Crippen molar-refractivity contribution in [3.05, 3.63) is 45.9 Å². The molecule has 1 aliphatic carbocycles. The number of amides is 1. The van der Waals surface area contributed by atoms with E-state index in [0.29, 0.717) is 24.4 Å². The summed E-state index contributed by atoms with van der Waals surface area (Å²) in [6.07, 6.45) is 8.59. The number of aromatic nitrogens is 1. The minimum Gasteiger partial charge on any atom is -0.481 e. The molecule has 154 valence electrons. The monoisotopic (exact) mass is 412 g/mol. The Morgan fingerprint density at radius 3 is 2.66 bits per heavy atom. The van der Waals surface area contributed by atoms with Gasteiger partial charge in [-0.2, -0.15) is 0 Å². The third kappa shape index (κ3) is 5.12. The number of hydrogen-bond donors (Lipinski definition) is 2. The van der Waals surface area contributed by atoms with E-state index in [2.05, 4.69) is 10.7 Å². The summed E-state index contributed by atoms with van der Waals surface area (Å²) in [6, 6.07) is 7.54. The quantitative estimate of drug-likeness (QED) is 0.545. The smallest absolute Gasteiger partial charge is 0.310 e. The number of carbonyl (C=O) groups is 2. The van der Waals surface area contributed by atoms with Crippen molar-refractivity contribution in [3.8, 4) is 0 Å². The average molecular weight is 413 g/mol. The van der Waals surface area contributed by atoms with E-state index >= 15 is 0 Å². The minimum atomic E-state index is -1.01. The Bertz CT molecular complexity index is 895. The van der Waals surface area contributed by atoms with E-state index in [1.54, 1.807) is 11.3 Å². The lowest BCUT2D eigenvalue weighted by Gasteiger charge is -2.25. The zero-order chi connectivity index (χ0) is 20.9. The Hall–Kier alpha value is -2.47. The molecule has 1 aromatic carbocycles. The van der Waals surface area contributed by atoms with Crippen molar-refractivity contribution in [1.82, 2.24) is 4.98 Å². The van der Waals surface area contributed by atoms with E-state index in [0.717, 1.165) is 10.6 Å². The Morgan fingerprint density at radius 2 is 2.03 bits per heavy atom. The molecule has 29 heavy (non-hydrogen) atoms. The largest absolute Gasteiger partial charge is 0.481 e. The van der Waals surface area contributed by atoms with Crippen molar-refractivity contribution < 1.29 is 14.7 Å². The van der Waals surface area contributed by atoms with E-state index in [1.165, 1.54) is 25.0 Å². The van der Waals surface area contributed by atoms with Gasteiger partial charge in [0.25, 0.3) is 0 Å². The number of hydrogen-bond acceptors (Lipinski definition) is 4. The molecule has 0 spiro atoms. The van der Waals surface area contributed by atoms with Crippen LogP contribution in [0.15, 0.2) is 29.6 Å². The van der Waals surface area contributed by atoms with Crippen LogP contribution in [0.4, 0.5) is 5.69 Å². The van der Waals surface area contributed by atoms with Crippen LogP contribution in [0.25, 0.3) is 12.2 Å². The van der Waals surface area contributed by atoms with Crippen molar-refractivity contribution in [2.45, 2.75) is 58.3 Å². The zero-order valence-corrected chi connectivity index (χ0v) is 17.8. The fourth-order valence-corrected chi connectivity index (χ4v) is 4.34. The molecule has 1 saturated carbocycles. The summed E-state index contributed by atoms with van der Waals surface area (Å²) in [5, 5.41) is 15.5. The zero-order valence-electron chi connectivity index (χ0n) is 17.0. The first kappa shape index (κ1) is 21.2. The number of anilines is 1. The SMILES string of the molecule is CCC(CC)(CC(=O)Nc1cccc(C=Cc2nc(C3CCC3)cs2)c1)C(=O)O. The molecule has 1 aliphatic rings. The van der Waals surface area contributed by atoms with Gasteiger partial charge in [-0.15, -0.1) is 11.3 Å². The second-order valence-electron chi connectivity index (χ2n) is 7.71. The number of nitrogens with zero attached hydrogens (tertiary/aromatic N) is 1. The molecule has 0 radical (unpaired) electrons. The molecule has 3 rings (SSSR count). The fourth-order valence-electron chi connectivity index (χ4n) is 3.55. The van der Waals surface area contributed by atoms with Crippen molar-refractivity contribution in [2.75, 3.05) is 5.32 Å². The van der Waals surface area contributed by atoms with Crippen molar-refractivity contribution in [2.24, 2.45) is 5.41 Å². The van der Waals surface area contributed by atoms with E-state index < -0.39 is 11.4 Å². The summed E-state index contributed by atoms with van der Waals surface area (Å²) in [5.74, 6) is -0.558. The number of thiazole rings is 1. The van der Waals surface area contributed by atoms with Gasteiger partial charge in [0.05, 0.1) is 11.1 Å². The highest BCUT2D eigenvalue weighted by atomic mass is 32.1. The average Bonchev–Trinajstić information content (AvgIpc) is 3.11. The van der Waals surface area contributed by atoms with Crippen LogP contribution in [-0.2, 0) is 9.59 Å². The molecule has 1 heterocycles. The topological polar surface area (TPSA) is 79.3 Å². The van der Waals surface area contributed by atoms with Gasteiger partial charge in [0.15, 0.2) is 0 Å². The second-order valence-corrected chi connectivity index (χ2v) is 8.60. The van der Waals surface area contributed by atoms with Crippen LogP contribution in [0.1, 0.15) is 74.6 Å². The molecular formula is C23H28N2O3S. The first-order valence-corrected chi connectivity index (χ1v) is 11.1. The maximum absolute atomic E-state index is 12.4. The summed E-state index contributed by atoms with van der Waals surface area (Å²) in [6.45, 7) is 3.62. The van der Waals surface area contributed by atoms with Crippen LogP contribution >= 0.6 is 11.3 Å². The summed E-state index contributed by atoms with van der Waals surface area (Å²) in [5.41, 5.74) is 1.82. The molecule has 0 bridgehead atoms. The maximum atomic E-state index is 12.4. The van der Waals surface area contributed by atoms with Gasteiger partial charge in [0.2, 0.25) is 5.91 Å². The summed E-state index contributed by atoms with van der Waals surface area (Å²) >= 11 is 1.65. The van der Waals surface area contributed by atoms with Crippen LogP contribution in [-0.4, -0.2) is 22.0 Å². The number of carbonyl (C=O) groups excluding carboxylic acids is 1. The van der Waals surface area contributed by atoms with Crippen LogP contribution in [0.5, 0.6) is 0 Å². The predicted octanol–water partition coefficient (Wildman–Crippen LogP) is 5.80. The van der Waals surface area contributed by atoms with Crippen LogP contribution in [0.2, 0.25) is 0 Å². The third-order valence-corrected chi connectivity index (χ3v) is 6.79. The number of rotatable bonds is 9. The van der Waals surface area contributed by atoms with E-state index in [1.807, 2.05) is 50.3 Å². The number of benzene rings is 1. The number of nitrogens with one attached hydrogen (secondary N) is 1. The second kappa shape index (κ2) is 9.35. The fraction of sp³-hybridized carbons (Fsp3) is 0.435. The molecule has 2 aromatic rings. The molecule has 1 amide bonds. The molecule has 1 aromatic heterocycles. The minimum absolute atomic E-state index is 0.0293. The normalized spacial score (nSPS) is 14.7. The Labute approximate surface area is 175 Å². The highest BCUT2D eigenvalue weighted by Gasteiger charge is 2.37. The lowest BCUT2D eigenvalue weighted by molar-refractivity contribution is -0.151. The molecule has 0 unspecified atom stereocenters. The molecule has 2 N–H and O–H groups in total. The van der Waals surface area contributed by atoms with E-state index in [4.69, 9.17) is 4.98 Å². The van der Waals surface area contributed by atoms with Gasteiger partial charge in [-0.1, -0.05) is 38.5 Å².